The molecule has 0 bridgehead atoms. The zero-order valence-corrected chi connectivity index (χ0v) is 13.1. The molecule has 6 nitrogen and oxygen atoms in total. The van der Waals surface area contributed by atoms with E-state index in [1.165, 1.54) is 0 Å². The number of anilines is 2. The Labute approximate surface area is 139 Å². The van der Waals surface area contributed by atoms with Crippen LogP contribution in [0.4, 0.5) is 11.4 Å². The Bertz CT molecular complexity index is 720. The molecule has 0 aliphatic heterocycles. The van der Waals surface area contributed by atoms with E-state index in [1.807, 2.05) is 31.2 Å². The van der Waals surface area contributed by atoms with Gasteiger partial charge in [-0.05, 0) is 55.5 Å². The van der Waals surface area contributed by atoms with E-state index in [0.717, 1.165) is 29.3 Å². The quantitative estimate of drug-likeness (QED) is 0.461. The van der Waals surface area contributed by atoms with Crippen molar-refractivity contribution < 1.29 is 24.2 Å². The predicted octanol–water partition coefficient (Wildman–Crippen LogP) is 3.38. The van der Waals surface area contributed by atoms with Gasteiger partial charge in [0, 0.05) is 23.5 Å². The smallest absolute Gasteiger partial charge is 0.336 e. The summed E-state index contributed by atoms with van der Waals surface area (Å²) in [6.45, 7) is 2.55. The van der Waals surface area contributed by atoms with Crippen molar-refractivity contribution in [2.75, 3.05) is 11.9 Å². The van der Waals surface area contributed by atoms with Gasteiger partial charge >= 0.3 is 11.9 Å². The highest BCUT2D eigenvalue weighted by Crippen LogP contribution is 2.22. The molecule has 2 N–H and O–H groups in total. The van der Waals surface area contributed by atoms with E-state index >= 15 is 0 Å². The Morgan fingerprint density at radius 2 is 1.50 bits per heavy atom. The first-order valence-electron chi connectivity index (χ1n) is 7.29. The lowest BCUT2D eigenvalue weighted by Crippen LogP contribution is -2.04. The van der Waals surface area contributed by atoms with Gasteiger partial charge in [0.05, 0.1) is 6.61 Å². The van der Waals surface area contributed by atoms with Gasteiger partial charge in [-0.1, -0.05) is 0 Å². The molecule has 0 unspecified atom stereocenters. The molecule has 0 radical (unpaired) electrons. The molecule has 24 heavy (non-hydrogen) atoms. The van der Waals surface area contributed by atoms with Gasteiger partial charge in [-0.3, -0.25) is 0 Å². The van der Waals surface area contributed by atoms with Gasteiger partial charge in [-0.15, -0.1) is 0 Å². The minimum atomic E-state index is -1.21. The maximum absolute atomic E-state index is 11.4. The highest BCUT2D eigenvalue weighted by atomic mass is 16.5. The van der Waals surface area contributed by atoms with E-state index in [1.54, 1.807) is 24.3 Å². The number of carbonyl (C=O) groups is 2. The van der Waals surface area contributed by atoms with Crippen molar-refractivity contribution in [2.45, 2.75) is 6.92 Å². The fourth-order valence-corrected chi connectivity index (χ4v) is 1.86. The Balaban J connectivity index is 1.94. The van der Waals surface area contributed by atoms with Gasteiger partial charge in [0.2, 0.25) is 0 Å². The second kappa shape index (κ2) is 8.38. The maximum atomic E-state index is 11.4. The van der Waals surface area contributed by atoms with E-state index in [0.29, 0.717) is 12.4 Å². The van der Waals surface area contributed by atoms with Crippen molar-refractivity contribution >= 4 is 23.3 Å². The number of nitrogens with one attached hydrogen (secondary N) is 1. The van der Waals surface area contributed by atoms with Gasteiger partial charge < -0.3 is 19.9 Å². The van der Waals surface area contributed by atoms with Crippen molar-refractivity contribution in [2.24, 2.45) is 0 Å². The lowest BCUT2D eigenvalue weighted by molar-refractivity contribution is -0.133. The lowest BCUT2D eigenvalue weighted by atomic mass is 10.2. The minimum absolute atomic E-state index is 0.326. The summed E-state index contributed by atoms with van der Waals surface area (Å²) in [4.78, 5) is 21.7. The summed E-state index contributed by atoms with van der Waals surface area (Å²) in [6.07, 6.45) is 1.58. The molecule has 0 saturated heterocycles. The SMILES string of the molecule is CCOc1ccc(Nc2ccc(OC(=O)C=CC(=O)O)cc2)cc1. The zero-order chi connectivity index (χ0) is 17.4. The monoisotopic (exact) mass is 327 g/mol. The van der Waals surface area contributed by atoms with Crippen molar-refractivity contribution in [1.82, 2.24) is 0 Å². The molecule has 0 saturated carbocycles. The molecule has 0 amide bonds. The molecule has 0 aliphatic rings. The second-order valence-electron chi connectivity index (χ2n) is 4.70. The molecule has 124 valence electrons. The summed E-state index contributed by atoms with van der Waals surface area (Å²) in [5.41, 5.74) is 1.72. The standard InChI is InChI=1S/C18H17NO5/c1-2-23-15-7-3-13(4-8-15)19-14-5-9-16(10-6-14)24-18(22)12-11-17(20)21/h3-12,19H,2H2,1H3,(H,20,21). The number of rotatable bonds is 7. The highest BCUT2D eigenvalue weighted by Gasteiger charge is 2.02. The summed E-state index contributed by atoms with van der Waals surface area (Å²) in [7, 11) is 0. The summed E-state index contributed by atoms with van der Waals surface area (Å²) >= 11 is 0. The van der Waals surface area contributed by atoms with Gasteiger partial charge in [0.15, 0.2) is 0 Å². The Hall–Kier alpha value is -3.28. The molecule has 0 spiro atoms. The van der Waals surface area contributed by atoms with Crippen LogP contribution in [0.1, 0.15) is 6.92 Å². The topological polar surface area (TPSA) is 84.9 Å². The number of hydrogen-bond donors (Lipinski definition) is 2. The second-order valence-corrected chi connectivity index (χ2v) is 4.70. The van der Waals surface area contributed by atoms with Gasteiger partial charge in [0.1, 0.15) is 11.5 Å². The number of carbonyl (C=O) groups excluding carboxylic acids is 1. The first kappa shape index (κ1) is 17.1. The fraction of sp³-hybridized carbons (Fsp3) is 0.111. The molecule has 0 atom stereocenters. The van der Waals surface area contributed by atoms with Gasteiger partial charge in [-0.25, -0.2) is 9.59 Å². The Morgan fingerprint density at radius 1 is 0.958 bits per heavy atom. The molecular weight excluding hydrogens is 310 g/mol. The van der Waals surface area contributed by atoms with E-state index in [-0.39, 0.29) is 0 Å². The Morgan fingerprint density at radius 3 is 2.00 bits per heavy atom. The number of ether oxygens (including phenoxy) is 2. The van der Waals surface area contributed by atoms with Crippen molar-refractivity contribution in [3.8, 4) is 11.5 Å². The Kier molecular flexibility index (Phi) is 5.96. The average molecular weight is 327 g/mol. The van der Waals surface area contributed by atoms with Crippen LogP contribution in [-0.4, -0.2) is 23.7 Å². The summed E-state index contributed by atoms with van der Waals surface area (Å²) < 4.78 is 10.4. The number of benzene rings is 2. The van der Waals surface area contributed by atoms with Crippen LogP contribution in [-0.2, 0) is 9.59 Å². The number of hydrogen-bond acceptors (Lipinski definition) is 5. The van der Waals surface area contributed by atoms with Crippen molar-refractivity contribution in [3.05, 3.63) is 60.7 Å². The highest BCUT2D eigenvalue weighted by molar-refractivity contribution is 5.91. The number of carboxylic acids is 1. The first-order valence-corrected chi connectivity index (χ1v) is 7.29. The van der Waals surface area contributed by atoms with Crippen LogP contribution >= 0.6 is 0 Å². The van der Waals surface area contributed by atoms with E-state index in [2.05, 4.69) is 5.32 Å². The molecule has 2 rings (SSSR count). The molecule has 0 aliphatic carbocycles. The summed E-state index contributed by atoms with van der Waals surface area (Å²) in [5.74, 6) is -0.821. The molecule has 2 aromatic rings. The maximum Gasteiger partial charge on any atom is 0.336 e. The third-order valence-electron chi connectivity index (χ3n) is 2.89. The lowest BCUT2D eigenvalue weighted by Gasteiger charge is -2.09. The zero-order valence-electron chi connectivity index (χ0n) is 13.1. The van der Waals surface area contributed by atoms with Crippen LogP contribution < -0.4 is 14.8 Å². The number of aliphatic carboxylic acids is 1. The van der Waals surface area contributed by atoms with Crippen LogP contribution in [0.25, 0.3) is 0 Å². The molecule has 6 heteroatoms. The molecule has 0 fully saturated rings. The van der Waals surface area contributed by atoms with E-state index in [4.69, 9.17) is 14.6 Å². The third-order valence-corrected chi connectivity index (χ3v) is 2.89. The summed E-state index contributed by atoms with van der Waals surface area (Å²) in [6, 6.07) is 14.3. The van der Waals surface area contributed by atoms with Crippen LogP contribution in [0.3, 0.4) is 0 Å². The molecular formula is C18H17NO5. The fourth-order valence-electron chi connectivity index (χ4n) is 1.86. The van der Waals surface area contributed by atoms with E-state index in [9.17, 15) is 9.59 Å². The van der Waals surface area contributed by atoms with Crippen molar-refractivity contribution in [1.29, 1.82) is 0 Å². The normalized spacial score (nSPS) is 10.4. The first-order chi connectivity index (χ1) is 11.6. The number of esters is 1. The van der Waals surface area contributed by atoms with Crippen LogP contribution in [0, 0.1) is 0 Å². The summed E-state index contributed by atoms with van der Waals surface area (Å²) in [5, 5.41) is 11.6. The average Bonchev–Trinajstić information content (AvgIpc) is 2.57. The van der Waals surface area contributed by atoms with Gasteiger partial charge in [0.25, 0.3) is 0 Å². The van der Waals surface area contributed by atoms with Crippen LogP contribution in [0.5, 0.6) is 11.5 Å². The van der Waals surface area contributed by atoms with Crippen LogP contribution in [0.15, 0.2) is 60.7 Å². The van der Waals surface area contributed by atoms with Crippen LogP contribution in [0.2, 0.25) is 0 Å². The molecule has 0 heterocycles. The largest absolute Gasteiger partial charge is 0.494 e. The van der Waals surface area contributed by atoms with Crippen molar-refractivity contribution in [3.63, 3.8) is 0 Å². The minimum Gasteiger partial charge on any atom is -0.494 e. The molecule has 0 aromatic heterocycles. The van der Waals surface area contributed by atoms with Gasteiger partial charge in [-0.2, -0.15) is 0 Å². The predicted molar refractivity (Wildman–Crippen MR) is 89.7 cm³/mol. The third kappa shape index (κ3) is 5.49. The number of carboxylic acid groups (broad SMARTS) is 1. The van der Waals surface area contributed by atoms with E-state index < -0.39 is 11.9 Å². The molecule has 2 aromatic carbocycles.